The van der Waals surface area contributed by atoms with Gasteiger partial charge in [0.1, 0.15) is 0 Å². The molecule has 0 nitrogen and oxygen atoms in total. The molecule has 0 heterocycles. The summed E-state index contributed by atoms with van der Waals surface area (Å²) in [6.45, 7) is 7.35. The maximum absolute atomic E-state index is 2.45. The van der Waals surface area contributed by atoms with Crippen LogP contribution in [-0.2, 0) is 0 Å². The highest BCUT2D eigenvalue weighted by atomic mass is 31.1. The average molecular weight is 240 g/mol. The Balaban J connectivity index is 1.99. The highest BCUT2D eigenvalue weighted by molar-refractivity contribution is 7.59. The molecule has 0 bridgehead atoms. The third-order valence-electron chi connectivity index (χ3n) is 4.24. The van der Waals surface area contributed by atoms with Crippen molar-refractivity contribution in [3.8, 4) is 0 Å². The Bertz CT molecular complexity index is 188. The first-order valence-corrected chi connectivity index (χ1v) is 8.98. The van der Waals surface area contributed by atoms with Crippen molar-refractivity contribution in [3.63, 3.8) is 0 Å². The van der Waals surface area contributed by atoms with Gasteiger partial charge in [0.25, 0.3) is 0 Å². The van der Waals surface area contributed by atoms with E-state index < -0.39 is 0 Å². The van der Waals surface area contributed by atoms with E-state index in [-0.39, 0.29) is 0 Å². The molecule has 1 heteroatoms. The lowest BCUT2D eigenvalue weighted by Gasteiger charge is -2.35. The molecule has 0 unspecified atom stereocenters. The fourth-order valence-corrected chi connectivity index (χ4v) is 7.84. The normalized spacial score (nSPS) is 24.8. The predicted octanol–water partition coefficient (Wildman–Crippen LogP) is 5.40. The minimum Gasteiger partial charge on any atom is -0.0998 e. The molecule has 0 aliphatic heterocycles. The molecule has 2 fully saturated rings. The zero-order valence-electron chi connectivity index (χ0n) is 11.5. The summed E-state index contributed by atoms with van der Waals surface area (Å²) in [6, 6.07) is 0. The van der Waals surface area contributed by atoms with Crippen LogP contribution >= 0.6 is 7.92 Å². The molecule has 16 heavy (non-hydrogen) atoms. The smallest absolute Gasteiger partial charge is 0.0207 e. The van der Waals surface area contributed by atoms with E-state index in [1.54, 1.807) is 25.7 Å². The highest BCUT2D eigenvalue weighted by Gasteiger charge is 2.34. The first-order chi connectivity index (χ1) is 7.56. The maximum atomic E-state index is 2.45. The van der Waals surface area contributed by atoms with Gasteiger partial charge in [-0.05, 0) is 48.6 Å². The Labute approximate surface area is 103 Å². The second-order valence-electron chi connectivity index (χ2n) is 7.11. The van der Waals surface area contributed by atoms with Gasteiger partial charge < -0.3 is 0 Å². The van der Waals surface area contributed by atoms with E-state index in [4.69, 9.17) is 0 Å². The number of hydrogen-bond donors (Lipinski definition) is 0. The zero-order valence-corrected chi connectivity index (χ0v) is 12.4. The van der Waals surface area contributed by atoms with Crippen LogP contribution in [0.2, 0.25) is 0 Å². The minimum atomic E-state index is 0.349. The summed E-state index contributed by atoms with van der Waals surface area (Å²) < 4.78 is 0. The van der Waals surface area contributed by atoms with E-state index in [1.807, 2.05) is 0 Å². The molecule has 2 aliphatic carbocycles. The quantitative estimate of drug-likeness (QED) is 0.579. The van der Waals surface area contributed by atoms with Crippen LogP contribution in [0.1, 0.15) is 72.1 Å². The van der Waals surface area contributed by atoms with Crippen molar-refractivity contribution in [1.29, 1.82) is 0 Å². The van der Waals surface area contributed by atoms with Gasteiger partial charge in [0, 0.05) is 0 Å². The molecule has 2 rings (SSSR count). The summed E-state index contributed by atoms with van der Waals surface area (Å²) in [5.41, 5.74) is 2.87. The lowest BCUT2D eigenvalue weighted by molar-refractivity contribution is 0.473. The highest BCUT2D eigenvalue weighted by Crippen LogP contribution is 2.59. The molecule has 0 aromatic rings. The van der Waals surface area contributed by atoms with E-state index in [1.165, 1.54) is 31.8 Å². The van der Waals surface area contributed by atoms with Gasteiger partial charge in [-0.3, -0.25) is 0 Å². The van der Waals surface area contributed by atoms with Gasteiger partial charge in [-0.1, -0.05) is 54.4 Å². The topological polar surface area (TPSA) is 0 Å². The van der Waals surface area contributed by atoms with Crippen LogP contribution in [0.3, 0.4) is 0 Å². The van der Waals surface area contributed by atoms with Crippen molar-refractivity contribution in [2.24, 2.45) is 5.41 Å². The van der Waals surface area contributed by atoms with Crippen molar-refractivity contribution >= 4 is 7.92 Å². The summed E-state index contributed by atoms with van der Waals surface area (Å²) >= 11 is 0. The van der Waals surface area contributed by atoms with E-state index in [9.17, 15) is 0 Å². The van der Waals surface area contributed by atoms with E-state index in [0.717, 1.165) is 11.3 Å². The Hall–Kier alpha value is 0.430. The fourth-order valence-electron chi connectivity index (χ4n) is 3.58. The van der Waals surface area contributed by atoms with Crippen LogP contribution in [0.15, 0.2) is 0 Å². The standard InChI is InChI=1S/C15H29P/c1-15(2,3)12-16(13-8-4-5-9-13)14-10-6-7-11-14/h13-14H,4-12H2,1-3H3. The van der Waals surface area contributed by atoms with Crippen molar-refractivity contribution in [2.75, 3.05) is 6.16 Å². The average Bonchev–Trinajstić information content (AvgIpc) is 2.86. The summed E-state index contributed by atoms with van der Waals surface area (Å²) in [6.07, 6.45) is 13.9. The first kappa shape index (κ1) is 12.9. The van der Waals surface area contributed by atoms with Crippen LogP contribution < -0.4 is 0 Å². The number of hydrogen-bond acceptors (Lipinski definition) is 0. The summed E-state index contributed by atoms with van der Waals surface area (Å²) in [7, 11) is 0.349. The molecule has 2 saturated carbocycles. The minimum absolute atomic E-state index is 0.349. The molecule has 0 spiro atoms. The Morgan fingerprint density at radius 3 is 1.50 bits per heavy atom. The van der Waals surface area contributed by atoms with E-state index in [0.29, 0.717) is 13.3 Å². The van der Waals surface area contributed by atoms with Gasteiger partial charge in [-0.2, -0.15) is 0 Å². The Kier molecular flexibility index (Phi) is 4.33. The SMILES string of the molecule is CC(C)(C)CP(C1CCCC1)C1CCCC1. The van der Waals surface area contributed by atoms with Gasteiger partial charge >= 0.3 is 0 Å². The molecule has 0 atom stereocenters. The van der Waals surface area contributed by atoms with Crippen LogP contribution in [0.4, 0.5) is 0 Å². The zero-order chi connectivity index (χ0) is 11.6. The van der Waals surface area contributed by atoms with Gasteiger partial charge in [0.2, 0.25) is 0 Å². The van der Waals surface area contributed by atoms with Gasteiger partial charge in [-0.15, -0.1) is 0 Å². The van der Waals surface area contributed by atoms with Crippen molar-refractivity contribution in [2.45, 2.75) is 83.5 Å². The molecular formula is C15H29P. The third kappa shape index (κ3) is 3.46. The van der Waals surface area contributed by atoms with Crippen LogP contribution in [0, 0.1) is 5.41 Å². The predicted molar refractivity (Wildman–Crippen MR) is 75.8 cm³/mol. The monoisotopic (exact) mass is 240 g/mol. The van der Waals surface area contributed by atoms with Crippen LogP contribution in [0.25, 0.3) is 0 Å². The molecule has 0 aromatic carbocycles. The summed E-state index contributed by atoms with van der Waals surface area (Å²) in [5, 5.41) is 0. The fraction of sp³-hybridized carbons (Fsp3) is 1.00. The molecule has 0 saturated heterocycles. The molecule has 94 valence electrons. The van der Waals surface area contributed by atoms with Gasteiger partial charge in [0.05, 0.1) is 0 Å². The Morgan fingerprint density at radius 2 is 1.19 bits per heavy atom. The van der Waals surface area contributed by atoms with E-state index in [2.05, 4.69) is 20.8 Å². The lowest BCUT2D eigenvalue weighted by atomic mass is 10.0. The van der Waals surface area contributed by atoms with Crippen LogP contribution in [0.5, 0.6) is 0 Å². The van der Waals surface area contributed by atoms with E-state index >= 15 is 0 Å². The number of rotatable bonds is 3. The molecule has 0 N–H and O–H groups in total. The van der Waals surface area contributed by atoms with Gasteiger partial charge in [-0.25, -0.2) is 0 Å². The van der Waals surface area contributed by atoms with Crippen molar-refractivity contribution < 1.29 is 0 Å². The van der Waals surface area contributed by atoms with Gasteiger partial charge in [0.15, 0.2) is 0 Å². The third-order valence-corrected chi connectivity index (χ3v) is 8.47. The van der Waals surface area contributed by atoms with Crippen molar-refractivity contribution in [3.05, 3.63) is 0 Å². The maximum Gasteiger partial charge on any atom is -0.0207 e. The van der Waals surface area contributed by atoms with Crippen LogP contribution in [-0.4, -0.2) is 17.5 Å². The second kappa shape index (κ2) is 5.38. The second-order valence-corrected chi connectivity index (χ2v) is 9.91. The summed E-state index contributed by atoms with van der Waals surface area (Å²) in [4.78, 5) is 0. The summed E-state index contributed by atoms with van der Waals surface area (Å²) in [5.74, 6) is 0. The molecule has 0 aromatic heterocycles. The largest absolute Gasteiger partial charge is 0.0998 e. The van der Waals surface area contributed by atoms with Crippen molar-refractivity contribution in [1.82, 2.24) is 0 Å². The molecule has 2 aliphatic rings. The molecular weight excluding hydrogens is 211 g/mol. The first-order valence-electron chi connectivity index (χ1n) is 7.32. The Morgan fingerprint density at radius 1 is 0.812 bits per heavy atom. The molecule has 0 amide bonds. The molecule has 0 radical (unpaired) electrons. The lowest BCUT2D eigenvalue weighted by Crippen LogP contribution is -2.20.